The number of carbonyl (C=O) groups excluding carboxylic acids is 1. The standard InChI is InChI=1S/C13H7BrClFN2O3/c14-8-2-1-3-10(16)12(8)17-13(19)7-4-5-11(18(20)21)9(15)6-7/h1-6H,(H,17,19). The zero-order valence-electron chi connectivity index (χ0n) is 10.3. The maximum absolute atomic E-state index is 13.6. The molecule has 21 heavy (non-hydrogen) atoms. The summed E-state index contributed by atoms with van der Waals surface area (Å²) in [5, 5.41) is 12.9. The van der Waals surface area contributed by atoms with Gasteiger partial charge >= 0.3 is 0 Å². The van der Waals surface area contributed by atoms with Gasteiger partial charge in [-0.2, -0.15) is 0 Å². The Morgan fingerprint density at radius 3 is 2.62 bits per heavy atom. The third kappa shape index (κ3) is 3.37. The molecule has 1 N–H and O–H groups in total. The Hall–Kier alpha value is -1.99. The van der Waals surface area contributed by atoms with Crippen LogP contribution in [0.2, 0.25) is 5.02 Å². The lowest BCUT2D eigenvalue weighted by molar-refractivity contribution is -0.384. The molecule has 2 rings (SSSR count). The number of benzene rings is 2. The van der Waals surface area contributed by atoms with Crippen molar-refractivity contribution in [2.45, 2.75) is 0 Å². The average Bonchev–Trinajstić information content (AvgIpc) is 2.42. The number of rotatable bonds is 3. The van der Waals surface area contributed by atoms with Crippen LogP contribution in [0.15, 0.2) is 40.9 Å². The van der Waals surface area contributed by atoms with Gasteiger partial charge in [-0.3, -0.25) is 14.9 Å². The van der Waals surface area contributed by atoms with Gasteiger partial charge in [-0.25, -0.2) is 4.39 Å². The molecule has 0 radical (unpaired) electrons. The van der Waals surface area contributed by atoms with E-state index in [-0.39, 0.29) is 22.0 Å². The van der Waals surface area contributed by atoms with Crippen LogP contribution in [0.1, 0.15) is 10.4 Å². The van der Waals surface area contributed by atoms with E-state index in [1.165, 1.54) is 18.2 Å². The Balaban J connectivity index is 2.29. The molecule has 0 unspecified atom stereocenters. The van der Waals surface area contributed by atoms with Gasteiger partial charge < -0.3 is 5.32 Å². The van der Waals surface area contributed by atoms with Crippen molar-refractivity contribution in [1.29, 1.82) is 0 Å². The molecule has 1 amide bonds. The molecule has 2 aromatic carbocycles. The quantitative estimate of drug-likeness (QED) is 0.640. The molecule has 2 aromatic rings. The highest BCUT2D eigenvalue weighted by Crippen LogP contribution is 2.28. The predicted molar refractivity (Wildman–Crippen MR) is 80.2 cm³/mol. The summed E-state index contributed by atoms with van der Waals surface area (Å²) in [6.07, 6.45) is 0. The second-order valence-corrected chi connectivity index (χ2v) is 5.24. The lowest BCUT2D eigenvalue weighted by Gasteiger charge is -2.08. The summed E-state index contributed by atoms with van der Waals surface area (Å²) in [5.41, 5.74) is -0.238. The van der Waals surface area contributed by atoms with E-state index >= 15 is 0 Å². The Bertz CT molecular complexity index is 719. The molecule has 0 spiro atoms. The number of nitrogens with zero attached hydrogens (tertiary/aromatic N) is 1. The zero-order valence-corrected chi connectivity index (χ0v) is 12.6. The maximum atomic E-state index is 13.6. The van der Waals surface area contributed by atoms with Crippen LogP contribution in [0.5, 0.6) is 0 Å². The zero-order chi connectivity index (χ0) is 15.6. The van der Waals surface area contributed by atoms with Crippen molar-refractivity contribution in [2.24, 2.45) is 0 Å². The molecule has 0 aliphatic heterocycles. The number of nitrogens with one attached hydrogen (secondary N) is 1. The summed E-state index contributed by atoms with van der Waals surface area (Å²) in [5.74, 6) is -1.23. The summed E-state index contributed by atoms with van der Waals surface area (Å²) in [7, 11) is 0. The second-order valence-electron chi connectivity index (χ2n) is 3.97. The van der Waals surface area contributed by atoms with E-state index in [4.69, 9.17) is 11.6 Å². The molecule has 0 heterocycles. The van der Waals surface area contributed by atoms with E-state index < -0.39 is 16.6 Å². The fraction of sp³-hybridized carbons (Fsp3) is 0. The summed E-state index contributed by atoms with van der Waals surface area (Å²) in [6.45, 7) is 0. The highest BCUT2D eigenvalue weighted by molar-refractivity contribution is 9.10. The molecule has 0 saturated heterocycles. The number of para-hydroxylation sites is 1. The molecule has 108 valence electrons. The van der Waals surface area contributed by atoms with E-state index in [0.29, 0.717) is 4.47 Å². The van der Waals surface area contributed by atoms with Crippen LogP contribution in [0.25, 0.3) is 0 Å². The van der Waals surface area contributed by atoms with Gasteiger partial charge in [-0.15, -0.1) is 0 Å². The fourth-order valence-electron chi connectivity index (χ4n) is 1.60. The number of nitro benzene ring substituents is 1. The lowest BCUT2D eigenvalue weighted by atomic mass is 10.2. The smallest absolute Gasteiger partial charge is 0.287 e. The number of anilines is 1. The number of halogens is 3. The minimum Gasteiger partial charge on any atom is -0.319 e. The van der Waals surface area contributed by atoms with Crippen LogP contribution in [0, 0.1) is 15.9 Å². The number of amides is 1. The van der Waals surface area contributed by atoms with Gasteiger partial charge in [0.25, 0.3) is 11.6 Å². The first-order valence-corrected chi connectivity index (χ1v) is 6.76. The SMILES string of the molecule is O=C(Nc1c(F)cccc1Br)c1ccc([N+](=O)[O-])c(Cl)c1. The van der Waals surface area contributed by atoms with E-state index in [1.807, 2.05) is 0 Å². The molecular weight excluding hydrogens is 367 g/mol. The Labute approximate surface area is 132 Å². The van der Waals surface area contributed by atoms with Crippen molar-refractivity contribution >= 4 is 44.8 Å². The molecule has 8 heteroatoms. The summed E-state index contributed by atoms with van der Waals surface area (Å²) in [6, 6.07) is 7.77. The predicted octanol–water partition coefficient (Wildman–Crippen LogP) is 4.40. The van der Waals surface area contributed by atoms with Gasteiger partial charge in [-0.1, -0.05) is 17.7 Å². The summed E-state index contributed by atoms with van der Waals surface area (Å²) >= 11 is 8.85. The second kappa shape index (κ2) is 6.19. The maximum Gasteiger partial charge on any atom is 0.287 e. The monoisotopic (exact) mass is 372 g/mol. The third-order valence-electron chi connectivity index (χ3n) is 2.61. The van der Waals surface area contributed by atoms with Crippen molar-refractivity contribution < 1.29 is 14.1 Å². The molecule has 0 atom stereocenters. The van der Waals surface area contributed by atoms with Crippen LogP contribution >= 0.6 is 27.5 Å². The molecular formula is C13H7BrClFN2O3. The van der Waals surface area contributed by atoms with Crippen LogP contribution in [-0.2, 0) is 0 Å². The summed E-state index contributed by atoms with van der Waals surface area (Å²) in [4.78, 5) is 22.0. The number of nitro groups is 1. The number of carbonyl (C=O) groups is 1. The van der Waals surface area contributed by atoms with Crippen LogP contribution in [0.4, 0.5) is 15.8 Å². The Morgan fingerprint density at radius 1 is 1.33 bits per heavy atom. The van der Waals surface area contributed by atoms with E-state index in [0.717, 1.165) is 12.1 Å². The van der Waals surface area contributed by atoms with Gasteiger partial charge in [0.2, 0.25) is 0 Å². The highest BCUT2D eigenvalue weighted by atomic mass is 79.9. The van der Waals surface area contributed by atoms with Gasteiger partial charge in [0.15, 0.2) is 0 Å². The first-order chi connectivity index (χ1) is 9.90. The minimum atomic E-state index is -0.655. The van der Waals surface area contributed by atoms with Crippen LogP contribution in [-0.4, -0.2) is 10.8 Å². The van der Waals surface area contributed by atoms with Gasteiger partial charge in [0.05, 0.1) is 10.6 Å². The van der Waals surface area contributed by atoms with Gasteiger partial charge in [0, 0.05) is 16.1 Å². The first-order valence-electron chi connectivity index (χ1n) is 5.59. The number of hydrogen-bond donors (Lipinski definition) is 1. The Kier molecular flexibility index (Phi) is 4.54. The van der Waals surface area contributed by atoms with E-state index in [1.54, 1.807) is 6.07 Å². The number of hydrogen-bond acceptors (Lipinski definition) is 3. The Morgan fingerprint density at radius 2 is 2.05 bits per heavy atom. The molecule has 0 aromatic heterocycles. The van der Waals surface area contributed by atoms with Crippen molar-refractivity contribution in [3.8, 4) is 0 Å². The van der Waals surface area contributed by atoms with Crippen molar-refractivity contribution in [3.05, 3.63) is 67.4 Å². The average molecular weight is 374 g/mol. The molecule has 0 aliphatic carbocycles. The van der Waals surface area contributed by atoms with Gasteiger partial charge in [-0.05, 0) is 40.2 Å². The molecule has 0 aliphatic rings. The van der Waals surface area contributed by atoms with Crippen molar-refractivity contribution in [1.82, 2.24) is 0 Å². The topological polar surface area (TPSA) is 72.2 Å². The molecule has 0 bridgehead atoms. The highest BCUT2D eigenvalue weighted by Gasteiger charge is 2.17. The summed E-state index contributed by atoms with van der Waals surface area (Å²) < 4.78 is 14.0. The van der Waals surface area contributed by atoms with E-state index in [9.17, 15) is 19.3 Å². The third-order valence-corrected chi connectivity index (χ3v) is 3.57. The molecule has 0 saturated carbocycles. The van der Waals surface area contributed by atoms with Crippen LogP contribution in [0.3, 0.4) is 0 Å². The van der Waals surface area contributed by atoms with Gasteiger partial charge in [0.1, 0.15) is 10.8 Å². The van der Waals surface area contributed by atoms with Crippen molar-refractivity contribution in [2.75, 3.05) is 5.32 Å². The van der Waals surface area contributed by atoms with E-state index in [2.05, 4.69) is 21.2 Å². The first kappa shape index (κ1) is 15.4. The molecule has 0 fully saturated rings. The van der Waals surface area contributed by atoms with Crippen molar-refractivity contribution in [3.63, 3.8) is 0 Å². The normalized spacial score (nSPS) is 10.2. The largest absolute Gasteiger partial charge is 0.319 e. The van der Waals surface area contributed by atoms with Crippen LogP contribution < -0.4 is 5.32 Å². The fourth-order valence-corrected chi connectivity index (χ4v) is 2.29. The lowest BCUT2D eigenvalue weighted by Crippen LogP contribution is -2.13. The minimum absolute atomic E-state index is 0.0167. The molecule has 5 nitrogen and oxygen atoms in total.